The Morgan fingerprint density at radius 1 is 0.309 bits per heavy atom. The van der Waals surface area contributed by atoms with E-state index in [2.05, 4.69) is 41.5 Å². The van der Waals surface area contributed by atoms with Gasteiger partial charge in [-0.2, -0.15) is 0 Å². The Kier molecular flexibility index (Phi) is 65.5. The molecule has 3 N–H and O–H groups in total. The molecule has 0 aromatic carbocycles. The molecule has 0 radical (unpaired) electrons. The van der Waals surface area contributed by atoms with Gasteiger partial charge < -0.3 is 33.8 Å². The van der Waals surface area contributed by atoms with E-state index in [0.29, 0.717) is 25.7 Å². The van der Waals surface area contributed by atoms with Crippen LogP contribution in [-0.4, -0.2) is 96.7 Å². The summed E-state index contributed by atoms with van der Waals surface area (Å²) in [5, 5.41) is 10.6. The number of ether oxygens (including phenoxy) is 4. The molecule has 0 aliphatic carbocycles. The number of phosphoric ester groups is 2. The molecule has 0 amide bonds. The molecule has 0 aliphatic heterocycles. The second-order valence-electron chi connectivity index (χ2n) is 27.8. The highest BCUT2D eigenvalue weighted by atomic mass is 31.2. The highest BCUT2D eigenvalue weighted by Crippen LogP contribution is 2.45. The van der Waals surface area contributed by atoms with Crippen molar-refractivity contribution >= 4 is 39.5 Å². The van der Waals surface area contributed by atoms with E-state index in [1.54, 1.807) is 0 Å². The molecular formula is C75H146O17P2. The fourth-order valence-corrected chi connectivity index (χ4v) is 13.0. The van der Waals surface area contributed by atoms with Crippen LogP contribution in [0.5, 0.6) is 0 Å². The fourth-order valence-electron chi connectivity index (χ4n) is 11.4. The number of unbranched alkanes of at least 4 members (excludes halogenated alkanes) is 43. The van der Waals surface area contributed by atoms with Gasteiger partial charge in [-0.15, -0.1) is 0 Å². The number of phosphoric acid groups is 2. The van der Waals surface area contributed by atoms with E-state index >= 15 is 0 Å². The first-order chi connectivity index (χ1) is 45.4. The molecule has 0 rings (SSSR count). The number of hydrogen-bond acceptors (Lipinski definition) is 15. The molecule has 0 fully saturated rings. The summed E-state index contributed by atoms with van der Waals surface area (Å²) in [5.41, 5.74) is 0. The van der Waals surface area contributed by atoms with Gasteiger partial charge >= 0.3 is 39.5 Å². The van der Waals surface area contributed by atoms with Crippen molar-refractivity contribution in [2.24, 2.45) is 11.8 Å². The van der Waals surface area contributed by atoms with Crippen molar-refractivity contribution in [3.8, 4) is 0 Å². The van der Waals surface area contributed by atoms with E-state index in [1.165, 1.54) is 199 Å². The molecule has 3 unspecified atom stereocenters. The van der Waals surface area contributed by atoms with Crippen molar-refractivity contribution in [2.75, 3.05) is 39.6 Å². The Morgan fingerprint density at radius 3 is 0.809 bits per heavy atom. The lowest BCUT2D eigenvalue weighted by Gasteiger charge is -2.21. The van der Waals surface area contributed by atoms with Gasteiger partial charge in [-0.05, 0) is 37.5 Å². The van der Waals surface area contributed by atoms with Gasteiger partial charge in [0.15, 0.2) is 12.2 Å². The molecule has 94 heavy (non-hydrogen) atoms. The number of rotatable bonds is 74. The van der Waals surface area contributed by atoms with Crippen molar-refractivity contribution in [1.82, 2.24) is 0 Å². The van der Waals surface area contributed by atoms with Crippen molar-refractivity contribution < 1.29 is 80.2 Å². The van der Waals surface area contributed by atoms with Crippen molar-refractivity contribution in [2.45, 2.75) is 407 Å². The number of carbonyl (C=O) groups excluding carboxylic acids is 4. The van der Waals surface area contributed by atoms with Crippen LogP contribution < -0.4 is 0 Å². The Bertz CT molecular complexity index is 1820. The molecule has 19 heteroatoms. The topological polar surface area (TPSA) is 237 Å². The Hall–Kier alpha value is -1.94. The third-order valence-electron chi connectivity index (χ3n) is 17.8. The van der Waals surface area contributed by atoms with Gasteiger partial charge in [0.1, 0.15) is 19.3 Å². The maximum Gasteiger partial charge on any atom is 0.472 e. The molecule has 0 spiro atoms. The van der Waals surface area contributed by atoms with Crippen molar-refractivity contribution in [3.63, 3.8) is 0 Å². The zero-order valence-corrected chi connectivity index (χ0v) is 63.1. The van der Waals surface area contributed by atoms with Crippen LogP contribution in [0.15, 0.2) is 0 Å². The van der Waals surface area contributed by atoms with E-state index in [0.717, 1.165) is 108 Å². The smallest absolute Gasteiger partial charge is 0.462 e. The molecule has 17 nitrogen and oxygen atoms in total. The van der Waals surface area contributed by atoms with Gasteiger partial charge in [0, 0.05) is 25.7 Å². The lowest BCUT2D eigenvalue weighted by Crippen LogP contribution is -2.30. The second kappa shape index (κ2) is 66.9. The van der Waals surface area contributed by atoms with E-state index in [4.69, 9.17) is 37.0 Å². The lowest BCUT2D eigenvalue weighted by atomic mass is 10.00. The summed E-state index contributed by atoms with van der Waals surface area (Å²) in [6, 6.07) is 0. The van der Waals surface area contributed by atoms with Gasteiger partial charge in [-0.1, -0.05) is 337 Å². The van der Waals surface area contributed by atoms with Crippen LogP contribution in [-0.2, 0) is 65.4 Å². The molecule has 6 atom stereocenters. The quantitative estimate of drug-likeness (QED) is 0.0222. The third-order valence-corrected chi connectivity index (χ3v) is 19.7. The van der Waals surface area contributed by atoms with E-state index < -0.39 is 97.5 Å². The molecule has 0 aromatic heterocycles. The van der Waals surface area contributed by atoms with Crippen LogP contribution in [0, 0.1) is 11.8 Å². The van der Waals surface area contributed by atoms with Crippen LogP contribution in [0.25, 0.3) is 0 Å². The second-order valence-corrected chi connectivity index (χ2v) is 30.7. The largest absolute Gasteiger partial charge is 0.472 e. The molecule has 558 valence electrons. The monoisotopic (exact) mass is 1380 g/mol. The number of aliphatic hydroxyl groups excluding tert-OH is 1. The normalized spacial score (nSPS) is 14.3. The van der Waals surface area contributed by atoms with E-state index in [1.807, 2.05) is 0 Å². The summed E-state index contributed by atoms with van der Waals surface area (Å²) >= 11 is 0. The lowest BCUT2D eigenvalue weighted by molar-refractivity contribution is -0.161. The molecule has 0 heterocycles. The summed E-state index contributed by atoms with van der Waals surface area (Å²) in [6.07, 6.45) is 54.1. The van der Waals surface area contributed by atoms with Gasteiger partial charge in [-0.25, -0.2) is 9.13 Å². The molecule has 0 aromatic rings. The minimum Gasteiger partial charge on any atom is -0.462 e. The predicted molar refractivity (Wildman–Crippen MR) is 381 cm³/mol. The fraction of sp³-hybridized carbons (Fsp3) is 0.947. The number of aliphatic hydroxyl groups is 1. The molecule has 0 bridgehead atoms. The van der Waals surface area contributed by atoms with Gasteiger partial charge in [0.05, 0.1) is 26.4 Å². The predicted octanol–water partition coefficient (Wildman–Crippen LogP) is 21.9. The first-order valence-corrected chi connectivity index (χ1v) is 42.0. The highest BCUT2D eigenvalue weighted by molar-refractivity contribution is 7.47. The van der Waals surface area contributed by atoms with Gasteiger partial charge in [0.2, 0.25) is 0 Å². The van der Waals surface area contributed by atoms with Crippen LogP contribution in [0.3, 0.4) is 0 Å². The maximum absolute atomic E-state index is 13.1. The van der Waals surface area contributed by atoms with Crippen molar-refractivity contribution in [1.29, 1.82) is 0 Å². The highest BCUT2D eigenvalue weighted by Gasteiger charge is 2.30. The minimum atomic E-state index is -4.96. The van der Waals surface area contributed by atoms with E-state index in [-0.39, 0.29) is 25.7 Å². The SMILES string of the molecule is CCCCCCCCCCCCCCCCCCCC(=O)O[C@H](COC(=O)CCCCCCCCCCCCCCCC(C)C)COP(=O)(O)OC[C@@H](O)COP(=O)(O)OC[C@@H](COC(=O)CCCCCCCCC(C)CC)OC(=O)CCCCCCCCCCCCC. The standard InChI is InChI=1S/C75H146O17P2/c1-7-10-12-14-16-18-20-21-22-23-24-27-32-36-40-48-54-60-75(80)91-70(63-85-72(77)57-51-45-38-34-31-28-25-26-30-33-37-43-49-55-67(4)5)65-89-93(81,82)87-61-69(76)62-88-94(83,84)90-66-71(64-86-73(78)58-52-46-42-41-44-50-56-68(6)9-3)92-74(79)59-53-47-39-35-29-19-17-15-13-11-8-2/h67-71,76H,7-66H2,1-6H3,(H,81,82)(H,83,84)/t68?,69-,70-,71-/m1/s1. The van der Waals surface area contributed by atoms with E-state index in [9.17, 15) is 43.2 Å². The first kappa shape index (κ1) is 92.1. The summed E-state index contributed by atoms with van der Waals surface area (Å²) in [6.45, 7) is 9.57. The zero-order chi connectivity index (χ0) is 69.3. The number of carbonyl (C=O) groups is 4. The zero-order valence-electron chi connectivity index (χ0n) is 61.3. The third kappa shape index (κ3) is 67.3. The van der Waals surface area contributed by atoms with Crippen molar-refractivity contribution in [3.05, 3.63) is 0 Å². The Balaban J connectivity index is 5.24. The van der Waals surface area contributed by atoms with Crippen LogP contribution in [0.4, 0.5) is 0 Å². The maximum atomic E-state index is 13.1. The Morgan fingerprint density at radius 2 is 0.543 bits per heavy atom. The molecular weight excluding hydrogens is 1230 g/mol. The average Bonchev–Trinajstić information content (AvgIpc) is 1.29. The van der Waals surface area contributed by atoms with Crippen LogP contribution in [0.2, 0.25) is 0 Å². The van der Waals surface area contributed by atoms with Crippen LogP contribution >= 0.6 is 15.6 Å². The van der Waals surface area contributed by atoms with Gasteiger partial charge in [-0.3, -0.25) is 37.3 Å². The summed E-state index contributed by atoms with van der Waals surface area (Å²) in [7, 11) is -9.91. The molecule has 0 aliphatic rings. The molecule has 0 saturated carbocycles. The van der Waals surface area contributed by atoms with Crippen LogP contribution in [0.1, 0.15) is 388 Å². The first-order valence-electron chi connectivity index (χ1n) is 39.0. The van der Waals surface area contributed by atoms with Gasteiger partial charge in [0.25, 0.3) is 0 Å². The summed E-state index contributed by atoms with van der Waals surface area (Å²) in [5.74, 6) is -0.594. The average molecular weight is 1380 g/mol. The summed E-state index contributed by atoms with van der Waals surface area (Å²) < 4.78 is 68.5. The minimum absolute atomic E-state index is 0.106. The summed E-state index contributed by atoms with van der Waals surface area (Å²) in [4.78, 5) is 72.7. The number of hydrogen-bond donors (Lipinski definition) is 3. The number of esters is 4. The Labute approximate surface area is 575 Å². The molecule has 0 saturated heterocycles.